The molecule has 0 spiro atoms. The Balaban J connectivity index is 0.000000125. The molecule has 0 amide bonds. The van der Waals surface area contributed by atoms with Crippen molar-refractivity contribution in [2.24, 2.45) is 0 Å². The fourth-order valence-electron chi connectivity index (χ4n) is 5.59. The maximum atomic E-state index is 2.21. The van der Waals surface area contributed by atoms with Gasteiger partial charge in [0.25, 0.3) is 0 Å². The third kappa shape index (κ3) is 3.39. The van der Waals surface area contributed by atoms with Gasteiger partial charge in [0.2, 0.25) is 0 Å². The van der Waals surface area contributed by atoms with Gasteiger partial charge in [-0.15, -0.1) is 0 Å². The molecule has 36 heavy (non-hydrogen) atoms. The molecule has 0 bridgehead atoms. The van der Waals surface area contributed by atoms with Gasteiger partial charge in [0.1, 0.15) is 0 Å². The molecule has 0 atom stereocenters. The lowest BCUT2D eigenvalue weighted by molar-refractivity contribution is 1.68. The molecule has 0 heteroatoms. The van der Waals surface area contributed by atoms with Crippen molar-refractivity contribution in [2.45, 2.75) is 0 Å². The summed E-state index contributed by atoms with van der Waals surface area (Å²) in [5, 5.41) is 13.3. The summed E-state index contributed by atoms with van der Waals surface area (Å²) in [6.07, 6.45) is 0. The Morgan fingerprint density at radius 1 is 0.222 bits per heavy atom. The molecule has 0 unspecified atom stereocenters. The zero-order valence-electron chi connectivity index (χ0n) is 19.9. The summed E-state index contributed by atoms with van der Waals surface area (Å²) >= 11 is 0. The van der Waals surface area contributed by atoms with E-state index in [4.69, 9.17) is 0 Å². The monoisotopic (exact) mass is 456 g/mol. The predicted octanol–water partition coefficient (Wildman–Crippen LogP) is 10.2. The smallest absolute Gasteiger partial charge is 0.00268 e. The van der Waals surface area contributed by atoms with Crippen LogP contribution in [0.3, 0.4) is 0 Å². The van der Waals surface area contributed by atoms with Crippen LogP contribution in [-0.2, 0) is 0 Å². The number of hydrogen-bond donors (Lipinski definition) is 0. The average Bonchev–Trinajstić information content (AvgIpc) is 2.96. The average molecular weight is 457 g/mol. The lowest BCUT2D eigenvalue weighted by Crippen LogP contribution is -1.83. The van der Waals surface area contributed by atoms with Crippen LogP contribution in [0.5, 0.6) is 0 Å². The van der Waals surface area contributed by atoms with Gasteiger partial charge in [0.15, 0.2) is 0 Å². The fraction of sp³-hybridized carbons (Fsp3) is 0. The number of benzene rings is 8. The van der Waals surface area contributed by atoms with Crippen molar-refractivity contribution in [1.82, 2.24) is 0 Å². The number of fused-ring (bicyclic) bond motifs is 2. The lowest BCUT2D eigenvalue weighted by atomic mass is 9.94. The van der Waals surface area contributed by atoms with E-state index in [-0.39, 0.29) is 0 Å². The van der Waals surface area contributed by atoms with Crippen molar-refractivity contribution in [1.29, 1.82) is 0 Å². The maximum absolute atomic E-state index is 2.21. The summed E-state index contributed by atoms with van der Waals surface area (Å²) in [5.74, 6) is 0. The Bertz CT molecular complexity index is 1780. The van der Waals surface area contributed by atoms with E-state index in [9.17, 15) is 0 Å². The lowest BCUT2D eigenvalue weighted by Gasteiger charge is -2.10. The molecule has 0 N–H and O–H groups in total. The van der Waals surface area contributed by atoms with E-state index < -0.39 is 0 Å². The quantitative estimate of drug-likeness (QED) is 0.216. The SMILES string of the molecule is c1cc2ccc3cccc4ccc(c1)c2c34.c1ccc2c(-c3cccc4ccccc34)cccc2c1. The molecule has 8 rings (SSSR count). The molecule has 8 aromatic carbocycles. The second-order valence-electron chi connectivity index (χ2n) is 9.34. The van der Waals surface area contributed by atoms with E-state index in [1.165, 1.54) is 65.0 Å². The van der Waals surface area contributed by atoms with Crippen molar-refractivity contribution < 1.29 is 0 Å². The molecule has 0 aliphatic carbocycles. The van der Waals surface area contributed by atoms with Crippen LogP contribution in [0.15, 0.2) is 146 Å². The highest BCUT2D eigenvalue weighted by Gasteiger charge is 2.07. The van der Waals surface area contributed by atoms with Crippen LogP contribution in [0.25, 0.3) is 65.0 Å². The molecule has 0 saturated carbocycles. The molecule has 0 aromatic heterocycles. The van der Waals surface area contributed by atoms with Crippen molar-refractivity contribution >= 4 is 53.9 Å². The molecule has 0 radical (unpaired) electrons. The third-order valence-corrected chi connectivity index (χ3v) is 7.26. The first kappa shape index (κ1) is 20.7. The third-order valence-electron chi connectivity index (χ3n) is 7.26. The number of rotatable bonds is 1. The first-order valence-corrected chi connectivity index (χ1v) is 12.5. The predicted molar refractivity (Wildman–Crippen MR) is 157 cm³/mol. The second-order valence-corrected chi connectivity index (χ2v) is 9.34. The van der Waals surface area contributed by atoms with Crippen molar-refractivity contribution in [2.75, 3.05) is 0 Å². The minimum Gasteiger partial charge on any atom is -0.0616 e. The highest BCUT2D eigenvalue weighted by molar-refractivity contribution is 6.22. The first-order valence-electron chi connectivity index (χ1n) is 12.5. The Morgan fingerprint density at radius 2 is 0.528 bits per heavy atom. The molecule has 168 valence electrons. The van der Waals surface area contributed by atoms with Gasteiger partial charge >= 0.3 is 0 Å². The maximum Gasteiger partial charge on any atom is -0.00268 e. The minimum atomic E-state index is 1.29. The van der Waals surface area contributed by atoms with Crippen LogP contribution >= 0.6 is 0 Å². The van der Waals surface area contributed by atoms with E-state index in [2.05, 4.69) is 146 Å². The molecule has 0 aliphatic heterocycles. The zero-order chi connectivity index (χ0) is 23.9. The van der Waals surface area contributed by atoms with Crippen LogP contribution in [0.4, 0.5) is 0 Å². The van der Waals surface area contributed by atoms with Crippen molar-refractivity contribution in [3.63, 3.8) is 0 Å². The van der Waals surface area contributed by atoms with E-state index in [1.54, 1.807) is 0 Å². The summed E-state index contributed by atoms with van der Waals surface area (Å²) in [7, 11) is 0. The van der Waals surface area contributed by atoms with Gasteiger partial charge in [0.05, 0.1) is 0 Å². The van der Waals surface area contributed by atoms with Crippen LogP contribution in [-0.4, -0.2) is 0 Å². The van der Waals surface area contributed by atoms with E-state index in [1.807, 2.05) is 0 Å². The topological polar surface area (TPSA) is 0 Å². The summed E-state index contributed by atoms with van der Waals surface area (Å²) < 4.78 is 0. The minimum absolute atomic E-state index is 1.29. The number of hydrogen-bond acceptors (Lipinski definition) is 0. The van der Waals surface area contributed by atoms with E-state index >= 15 is 0 Å². The van der Waals surface area contributed by atoms with Gasteiger partial charge in [-0.3, -0.25) is 0 Å². The fourth-order valence-corrected chi connectivity index (χ4v) is 5.59. The standard InChI is InChI=1S/C20H14.C16H10/c1-3-11-17-15(7-1)9-5-13-19(17)20-14-6-10-16-8-2-4-12-18(16)20;1-3-11-7-9-13-5-2-6-14-10-8-12(4-1)15(11)16(13)14/h1-14H;1-10H. The van der Waals surface area contributed by atoms with E-state index in [0.717, 1.165) is 0 Å². The molecule has 0 heterocycles. The Morgan fingerprint density at radius 3 is 0.944 bits per heavy atom. The summed E-state index contributed by atoms with van der Waals surface area (Å²) in [6, 6.07) is 52.0. The molecule has 0 nitrogen and oxygen atoms in total. The van der Waals surface area contributed by atoms with Crippen LogP contribution < -0.4 is 0 Å². The molecule has 8 aromatic rings. The van der Waals surface area contributed by atoms with Crippen LogP contribution in [0, 0.1) is 0 Å². The van der Waals surface area contributed by atoms with Crippen LogP contribution in [0.2, 0.25) is 0 Å². The molecule has 0 aliphatic rings. The van der Waals surface area contributed by atoms with Gasteiger partial charge in [-0.2, -0.15) is 0 Å². The Labute approximate surface area is 210 Å². The van der Waals surface area contributed by atoms with Gasteiger partial charge in [0, 0.05) is 0 Å². The first-order chi connectivity index (χ1) is 17.9. The molecular formula is C36H24. The highest BCUT2D eigenvalue weighted by Crippen LogP contribution is 2.35. The van der Waals surface area contributed by atoms with Gasteiger partial charge in [-0.05, 0) is 65.0 Å². The van der Waals surface area contributed by atoms with Crippen molar-refractivity contribution in [3.8, 4) is 11.1 Å². The Kier molecular flexibility index (Phi) is 4.89. The Hall–Kier alpha value is -4.68. The zero-order valence-corrected chi connectivity index (χ0v) is 19.9. The van der Waals surface area contributed by atoms with Crippen molar-refractivity contribution in [3.05, 3.63) is 146 Å². The molecule has 0 saturated heterocycles. The summed E-state index contributed by atoms with van der Waals surface area (Å²) in [4.78, 5) is 0. The normalized spacial score (nSPS) is 11.3. The highest BCUT2D eigenvalue weighted by atomic mass is 14.1. The van der Waals surface area contributed by atoms with Gasteiger partial charge < -0.3 is 0 Å². The van der Waals surface area contributed by atoms with E-state index in [0.29, 0.717) is 0 Å². The largest absolute Gasteiger partial charge is 0.0616 e. The summed E-state index contributed by atoms with van der Waals surface area (Å²) in [6.45, 7) is 0. The van der Waals surface area contributed by atoms with Gasteiger partial charge in [-0.25, -0.2) is 0 Å². The molecular weight excluding hydrogens is 432 g/mol. The second kappa shape index (κ2) is 8.52. The summed E-state index contributed by atoms with van der Waals surface area (Å²) in [5.41, 5.74) is 2.61. The molecule has 0 fully saturated rings. The van der Waals surface area contributed by atoms with Crippen LogP contribution in [0.1, 0.15) is 0 Å². The van der Waals surface area contributed by atoms with Gasteiger partial charge in [-0.1, -0.05) is 146 Å².